The number of imidazole rings is 1. The number of hydrogen-bond acceptors (Lipinski definition) is 3. The van der Waals surface area contributed by atoms with Gasteiger partial charge in [0.2, 0.25) is 0 Å². The molecule has 4 heteroatoms. The van der Waals surface area contributed by atoms with Crippen molar-refractivity contribution in [3.63, 3.8) is 0 Å². The van der Waals surface area contributed by atoms with Gasteiger partial charge in [-0.1, -0.05) is 18.2 Å². The second kappa shape index (κ2) is 4.43. The van der Waals surface area contributed by atoms with Crippen molar-refractivity contribution < 1.29 is 4.74 Å². The van der Waals surface area contributed by atoms with Crippen molar-refractivity contribution in [1.29, 1.82) is 0 Å². The van der Waals surface area contributed by atoms with Gasteiger partial charge in [-0.25, -0.2) is 4.98 Å². The molecular weight excluding hydrogens is 286 g/mol. The van der Waals surface area contributed by atoms with Gasteiger partial charge in [-0.3, -0.25) is 9.38 Å². The van der Waals surface area contributed by atoms with Crippen molar-refractivity contribution in [3.8, 4) is 5.75 Å². The van der Waals surface area contributed by atoms with Gasteiger partial charge in [0.1, 0.15) is 11.4 Å². The molecule has 0 N–H and O–H groups in total. The molecule has 23 heavy (non-hydrogen) atoms. The number of nitrogens with zero attached hydrogens (tertiary/aromatic N) is 3. The predicted octanol–water partition coefficient (Wildman–Crippen LogP) is 4.20. The average Bonchev–Trinajstić information content (AvgIpc) is 2.99. The van der Waals surface area contributed by atoms with Crippen LogP contribution in [0.2, 0.25) is 0 Å². The summed E-state index contributed by atoms with van der Waals surface area (Å²) in [5, 5.41) is 2.27. The van der Waals surface area contributed by atoms with Crippen molar-refractivity contribution in [1.82, 2.24) is 14.4 Å². The molecule has 110 valence electrons. The molecule has 0 fully saturated rings. The second-order valence-corrected chi connectivity index (χ2v) is 5.57. The lowest BCUT2D eigenvalue weighted by atomic mass is 10.1. The Labute approximate surface area is 132 Å². The van der Waals surface area contributed by atoms with Gasteiger partial charge in [0.05, 0.1) is 29.2 Å². The van der Waals surface area contributed by atoms with Gasteiger partial charge in [-0.15, -0.1) is 0 Å². The number of fused-ring (bicyclic) bond motifs is 7. The van der Waals surface area contributed by atoms with Crippen LogP contribution in [0, 0.1) is 0 Å². The number of rotatable bonds is 1. The van der Waals surface area contributed by atoms with Crippen LogP contribution in [-0.4, -0.2) is 21.5 Å². The summed E-state index contributed by atoms with van der Waals surface area (Å²) in [5.41, 5.74) is 4.96. The number of aromatic nitrogens is 3. The molecule has 5 rings (SSSR count). The molecule has 0 spiro atoms. The molecule has 0 bridgehead atoms. The van der Waals surface area contributed by atoms with E-state index >= 15 is 0 Å². The third-order valence-corrected chi connectivity index (χ3v) is 4.30. The van der Waals surface area contributed by atoms with Crippen LogP contribution >= 0.6 is 0 Å². The summed E-state index contributed by atoms with van der Waals surface area (Å²) in [5.74, 6) is 0.824. The molecule has 3 aromatic heterocycles. The molecule has 0 aliphatic rings. The molecule has 4 nitrogen and oxygen atoms in total. The highest BCUT2D eigenvalue weighted by Crippen LogP contribution is 2.29. The summed E-state index contributed by atoms with van der Waals surface area (Å²) in [4.78, 5) is 9.34. The van der Waals surface area contributed by atoms with Gasteiger partial charge in [-0.2, -0.15) is 0 Å². The van der Waals surface area contributed by atoms with E-state index in [0.717, 1.165) is 44.2 Å². The minimum Gasteiger partial charge on any atom is -0.497 e. The molecular formula is C19H13N3O. The third kappa shape index (κ3) is 1.66. The quantitative estimate of drug-likeness (QED) is 0.435. The van der Waals surface area contributed by atoms with E-state index in [4.69, 9.17) is 9.72 Å². The van der Waals surface area contributed by atoms with Crippen LogP contribution in [0.3, 0.4) is 0 Å². The van der Waals surface area contributed by atoms with E-state index in [-0.39, 0.29) is 0 Å². The highest BCUT2D eigenvalue weighted by molar-refractivity contribution is 6.06. The zero-order valence-electron chi connectivity index (χ0n) is 12.5. The molecule has 0 saturated carbocycles. The number of hydrogen-bond donors (Lipinski definition) is 0. The maximum absolute atomic E-state index is 5.38. The van der Waals surface area contributed by atoms with E-state index in [9.17, 15) is 0 Å². The van der Waals surface area contributed by atoms with Gasteiger partial charge in [0.25, 0.3) is 0 Å². The lowest BCUT2D eigenvalue weighted by Crippen LogP contribution is -1.92. The van der Waals surface area contributed by atoms with E-state index in [1.807, 2.05) is 36.5 Å². The molecule has 0 unspecified atom stereocenters. The Morgan fingerprint density at radius 1 is 0.957 bits per heavy atom. The van der Waals surface area contributed by atoms with E-state index in [1.165, 1.54) is 0 Å². The average molecular weight is 299 g/mol. The molecule has 0 aliphatic carbocycles. The van der Waals surface area contributed by atoms with Gasteiger partial charge in [-0.05, 0) is 30.3 Å². The van der Waals surface area contributed by atoms with Gasteiger partial charge in [0, 0.05) is 23.0 Å². The van der Waals surface area contributed by atoms with Gasteiger partial charge in [0.15, 0.2) is 0 Å². The Morgan fingerprint density at radius 2 is 1.83 bits per heavy atom. The van der Waals surface area contributed by atoms with Crippen LogP contribution in [0.4, 0.5) is 0 Å². The number of methoxy groups -OCH3 is 1. The fraction of sp³-hybridized carbons (Fsp3) is 0.0526. The summed E-state index contributed by atoms with van der Waals surface area (Å²) < 4.78 is 7.55. The highest BCUT2D eigenvalue weighted by Gasteiger charge is 2.11. The van der Waals surface area contributed by atoms with E-state index in [1.54, 1.807) is 7.11 Å². The molecule has 0 saturated heterocycles. The maximum atomic E-state index is 5.38. The van der Waals surface area contributed by atoms with Gasteiger partial charge >= 0.3 is 0 Å². The fourth-order valence-corrected chi connectivity index (χ4v) is 3.23. The number of ether oxygens (including phenoxy) is 1. The van der Waals surface area contributed by atoms with Crippen molar-refractivity contribution in [3.05, 3.63) is 60.8 Å². The summed E-state index contributed by atoms with van der Waals surface area (Å²) >= 11 is 0. The monoisotopic (exact) mass is 299 g/mol. The normalized spacial score (nSPS) is 11.7. The Balaban J connectivity index is 2.10. The van der Waals surface area contributed by atoms with Crippen LogP contribution in [0.15, 0.2) is 60.8 Å². The topological polar surface area (TPSA) is 39.4 Å². The fourth-order valence-electron chi connectivity index (χ4n) is 3.23. The molecule has 3 heterocycles. The minimum atomic E-state index is 0.824. The molecule has 0 aliphatic heterocycles. The van der Waals surface area contributed by atoms with E-state index < -0.39 is 0 Å². The lowest BCUT2D eigenvalue weighted by molar-refractivity contribution is 0.415. The smallest absolute Gasteiger partial charge is 0.138 e. The molecule has 0 atom stereocenters. The Hall–Kier alpha value is -3.14. The lowest BCUT2D eigenvalue weighted by Gasteiger charge is -2.07. The van der Waals surface area contributed by atoms with Crippen molar-refractivity contribution in [2.24, 2.45) is 0 Å². The zero-order valence-corrected chi connectivity index (χ0v) is 12.5. The summed E-state index contributed by atoms with van der Waals surface area (Å²) in [6.45, 7) is 0. The molecule has 0 radical (unpaired) electrons. The van der Waals surface area contributed by atoms with Crippen LogP contribution in [0.1, 0.15) is 0 Å². The van der Waals surface area contributed by atoms with Crippen molar-refractivity contribution in [2.75, 3.05) is 7.11 Å². The standard InChI is InChI=1S/C19H13N3O/c1-23-14-7-8-15-16(11-14)22-17(21-15)9-6-13-5-4-12-3-2-10-20-18(12)19(13)22/h2-11H,1H3. The van der Waals surface area contributed by atoms with Crippen molar-refractivity contribution in [2.45, 2.75) is 0 Å². The Kier molecular flexibility index (Phi) is 2.39. The van der Waals surface area contributed by atoms with Crippen molar-refractivity contribution >= 4 is 38.5 Å². The SMILES string of the molecule is COc1ccc2nc3ccc4ccc5cccnc5c4n3c2c1. The largest absolute Gasteiger partial charge is 0.497 e. The first-order chi connectivity index (χ1) is 11.3. The maximum Gasteiger partial charge on any atom is 0.138 e. The Morgan fingerprint density at radius 3 is 2.74 bits per heavy atom. The van der Waals surface area contributed by atoms with Gasteiger partial charge < -0.3 is 4.74 Å². The highest BCUT2D eigenvalue weighted by atomic mass is 16.5. The van der Waals surface area contributed by atoms with E-state index in [0.29, 0.717) is 0 Å². The minimum absolute atomic E-state index is 0.824. The first-order valence-corrected chi connectivity index (χ1v) is 7.48. The number of benzene rings is 2. The first kappa shape index (κ1) is 12.4. The zero-order chi connectivity index (χ0) is 15.4. The summed E-state index contributed by atoms with van der Waals surface area (Å²) in [7, 11) is 1.68. The van der Waals surface area contributed by atoms with E-state index in [2.05, 4.69) is 33.7 Å². The number of pyridine rings is 2. The molecule has 0 amide bonds. The summed E-state index contributed by atoms with van der Waals surface area (Å²) in [6, 6.07) is 18.4. The third-order valence-electron chi connectivity index (χ3n) is 4.30. The summed E-state index contributed by atoms with van der Waals surface area (Å²) in [6.07, 6.45) is 1.83. The Bertz CT molecular complexity index is 1210. The van der Waals surface area contributed by atoms with Crippen LogP contribution in [0.5, 0.6) is 5.75 Å². The van der Waals surface area contributed by atoms with Crippen LogP contribution < -0.4 is 4.74 Å². The predicted molar refractivity (Wildman–Crippen MR) is 92.1 cm³/mol. The molecule has 2 aromatic carbocycles. The van der Waals surface area contributed by atoms with Crippen LogP contribution in [0.25, 0.3) is 38.5 Å². The first-order valence-electron chi connectivity index (χ1n) is 7.48. The molecule has 5 aromatic rings. The van der Waals surface area contributed by atoms with Crippen LogP contribution in [-0.2, 0) is 0 Å². The second-order valence-electron chi connectivity index (χ2n) is 5.57.